The third-order valence-electron chi connectivity index (χ3n) is 5.30. The molecule has 0 radical (unpaired) electrons. The molecular formula is C25H24N2O2. The molecule has 0 saturated carbocycles. The van der Waals surface area contributed by atoms with Crippen LogP contribution in [0.4, 0.5) is 5.69 Å². The van der Waals surface area contributed by atoms with Gasteiger partial charge in [-0.3, -0.25) is 9.59 Å². The van der Waals surface area contributed by atoms with Crippen LogP contribution in [0.1, 0.15) is 35.2 Å². The molecule has 1 aliphatic heterocycles. The van der Waals surface area contributed by atoms with Crippen molar-refractivity contribution >= 4 is 34.4 Å². The van der Waals surface area contributed by atoms with Gasteiger partial charge in [0, 0.05) is 19.2 Å². The van der Waals surface area contributed by atoms with Gasteiger partial charge in [-0.2, -0.15) is 0 Å². The minimum absolute atomic E-state index is 0.0152. The third-order valence-corrected chi connectivity index (χ3v) is 5.30. The quantitative estimate of drug-likeness (QED) is 0.635. The second-order valence-electron chi connectivity index (χ2n) is 7.29. The highest BCUT2D eigenvalue weighted by Gasteiger charge is 2.20. The summed E-state index contributed by atoms with van der Waals surface area (Å²) in [4.78, 5) is 27.3. The number of carbonyl (C=O) groups is 2. The predicted octanol–water partition coefficient (Wildman–Crippen LogP) is 5.12. The largest absolute Gasteiger partial charge is 0.339 e. The Kier molecular flexibility index (Phi) is 5.71. The molecule has 4 heteroatoms. The lowest BCUT2D eigenvalue weighted by Crippen LogP contribution is -2.36. The van der Waals surface area contributed by atoms with Crippen LogP contribution < -0.4 is 5.32 Å². The summed E-state index contributed by atoms with van der Waals surface area (Å²) < 4.78 is 0. The zero-order chi connectivity index (χ0) is 20.1. The summed E-state index contributed by atoms with van der Waals surface area (Å²) in [5.74, 6) is -0.268. The van der Waals surface area contributed by atoms with E-state index < -0.39 is 0 Å². The van der Waals surface area contributed by atoms with Crippen LogP contribution in [-0.4, -0.2) is 29.8 Å². The Morgan fingerprint density at radius 1 is 0.828 bits per heavy atom. The number of nitrogens with one attached hydrogen (secondary N) is 1. The van der Waals surface area contributed by atoms with Gasteiger partial charge in [0.2, 0.25) is 5.91 Å². The molecule has 0 atom stereocenters. The van der Waals surface area contributed by atoms with Crippen LogP contribution in [0.3, 0.4) is 0 Å². The van der Waals surface area contributed by atoms with Crippen LogP contribution in [0.25, 0.3) is 16.8 Å². The second-order valence-corrected chi connectivity index (χ2v) is 7.29. The molecule has 0 aromatic heterocycles. The fraction of sp³-hybridized carbons (Fsp3) is 0.200. The smallest absolute Gasteiger partial charge is 0.255 e. The maximum absolute atomic E-state index is 12.9. The third kappa shape index (κ3) is 4.37. The number of nitrogens with zero attached hydrogens (tertiary/aromatic N) is 1. The van der Waals surface area contributed by atoms with Crippen molar-refractivity contribution in [3.05, 3.63) is 83.9 Å². The van der Waals surface area contributed by atoms with E-state index in [2.05, 4.69) is 17.4 Å². The highest BCUT2D eigenvalue weighted by atomic mass is 16.2. The molecule has 0 bridgehead atoms. The Labute approximate surface area is 170 Å². The summed E-state index contributed by atoms with van der Waals surface area (Å²) >= 11 is 0. The lowest BCUT2D eigenvalue weighted by molar-refractivity contribution is -0.111. The number of rotatable bonds is 4. The maximum atomic E-state index is 12.9. The molecule has 3 aromatic rings. The van der Waals surface area contributed by atoms with E-state index in [1.54, 1.807) is 12.1 Å². The van der Waals surface area contributed by atoms with Crippen molar-refractivity contribution in [2.24, 2.45) is 0 Å². The van der Waals surface area contributed by atoms with Crippen molar-refractivity contribution in [2.75, 3.05) is 18.4 Å². The van der Waals surface area contributed by atoms with Crippen molar-refractivity contribution in [3.63, 3.8) is 0 Å². The summed E-state index contributed by atoms with van der Waals surface area (Å²) in [6, 6.07) is 21.3. The summed E-state index contributed by atoms with van der Waals surface area (Å²) in [7, 11) is 0. The number of likely N-dealkylation sites (tertiary alicyclic amines) is 1. The standard InChI is InChI=1S/C25H24N2O2/c28-24(16-15-20-11-8-10-19-9-2-3-12-21(19)20)26-23-14-5-4-13-22(23)25(29)27-17-6-1-7-18-27/h2-5,8-16H,1,6-7,17-18H2,(H,26,28). The molecule has 1 saturated heterocycles. The number of fused-ring (bicyclic) bond motifs is 1. The average molecular weight is 384 g/mol. The van der Waals surface area contributed by atoms with E-state index in [4.69, 9.17) is 0 Å². The first-order valence-corrected chi connectivity index (χ1v) is 10.1. The van der Waals surface area contributed by atoms with Gasteiger partial charge in [-0.05, 0) is 53.8 Å². The van der Waals surface area contributed by atoms with Crippen LogP contribution >= 0.6 is 0 Å². The lowest BCUT2D eigenvalue weighted by Gasteiger charge is -2.27. The molecule has 1 aliphatic rings. The normalized spacial score (nSPS) is 14.3. The number of amides is 2. The first-order chi connectivity index (χ1) is 14.2. The van der Waals surface area contributed by atoms with Crippen molar-refractivity contribution in [3.8, 4) is 0 Å². The molecule has 29 heavy (non-hydrogen) atoms. The fourth-order valence-corrected chi connectivity index (χ4v) is 3.78. The molecule has 0 aliphatic carbocycles. The van der Waals surface area contributed by atoms with Crippen LogP contribution in [0.5, 0.6) is 0 Å². The first kappa shape index (κ1) is 18.9. The summed E-state index contributed by atoms with van der Waals surface area (Å²) in [5.41, 5.74) is 2.08. The van der Waals surface area contributed by atoms with Gasteiger partial charge in [0.15, 0.2) is 0 Å². The molecule has 1 N–H and O–H groups in total. The second kappa shape index (κ2) is 8.74. The van der Waals surface area contributed by atoms with Crippen molar-refractivity contribution in [1.82, 2.24) is 4.90 Å². The number of piperidine rings is 1. The summed E-state index contributed by atoms with van der Waals surface area (Å²) in [5, 5.41) is 5.10. The fourth-order valence-electron chi connectivity index (χ4n) is 3.78. The van der Waals surface area contributed by atoms with Crippen molar-refractivity contribution in [2.45, 2.75) is 19.3 Å². The topological polar surface area (TPSA) is 49.4 Å². The van der Waals surface area contributed by atoms with Crippen LogP contribution in [0.15, 0.2) is 72.8 Å². The molecule has 0 spiro atoms. The van der Waals surface area contributed by atoms with Crippen LogP contribution in [-0.2, 0) is 4.79 Å². The van der Waals surface area contributed by atoms with Gasteiger partial charge in [-0.15, -0.1) is 0 Å². The molecule has 1 fully saturated rings. The monoisotopic (exact) mass is 384 g/mol. The SMILES string of the molecule is O=C(C=Cc1cccc2ccccc12)Nc1ccccc1C(=O)N1CCCCC1. The van der Waals surface area contributed by atoms with E-state index in [1.165, 1.54) is 12.5 Å². The van der Waals surface area contributed by atoms with Gasteiger partial charge in [-0.1, -0.05) is 54.6 Å². The molecule has 3 aromatic carbocycles. The number of hydrogen-bond acceptors (Lipinski definition) is 2. The van der Waals surface area contributed by atoms with E-state index in [-0.39, 0.29) is 11.8 Å². The van der Waals surface area contributed by atoms with E-state index in [9.17, 15) is 9.59 Å². The van der Waals surface area contributed by atoms with Gasteiger partial charge in [-0.25, -0.2) is 0 Å². The summed E-state index contributed by atoms with van der Waals surface area (Å²) in [6.45, 7) is 1.56. The predicted molar refractivity (Wildman–Crippen MR) is 118 cm³/mol. The molecule has 2 amide bonds. The number of carbonyl (C=O) groups excluding carboxylic acids is 2. The zero-order valence-electron chi connectivity index (χ0n) is 16.3. The number of para-hydroxylation sites is 1. The highest BCUT2D eigenvalue weighted by molar-refractivity contribution is 6.08. The minimum Gasteiger partial charge on any atom is -0.339 e. The van der Waals surface area contributed by atoms with Crippen molar-refractivity contribution in [1.29, 1.82) is 0 Å². The van der Waals surface area contributed by atoms with Crippen LogP contribution in [0, 0.1) is 0 Å². The first-order valence-electron chi connectivity index (χ1n) is 10.1. The van der Waals surface area contributed by atoms with Crippen molar-refractivity contribution < 1.29 is 9.59 Å². The zero-order valence-corrected chi connectivity index (χ0v) is 16.3. The molecule has 4 rings (SSSR count). The van der Waals surface area contributed by atoms with Gasteiger partial charge >= 0.3 is 0 Å². The molecule has 146 valence electrons. The number of anilines is 1. The minimum atomic E-state index is -0.253. The Balaban J connectivity index is 1.51. The Morgan fingerprint density at radius 2 is 1.55 bits per heavy atom. The van der Waals surface area contributed by atoms with E-state index >= 15 is 0 Å². The average Bonchev–Trinajstić information content (AvgIpc) is 2.78. The molecule has 0 unspecified atom stereocenters. The Hall–Kier alpha value is -3.40. The molecule has 1 heterocycles. The van der Waals surface area contributed by atoms with Gasteiger partial charge < -0.3 is 10.2 Å². The Morgan fingerprint density at radius 3 is 2.41 bits per heavy atom. The van der Waals surface area contributed by atoms with E-state index in [0.717, 1.165) is 42.3 Å². The van der Waals surface area contributed by atoms with Gasteiger partial charge in [0.1, 0.15) is 0 Å². The van der Waals surface area contributed by atoms with Gasteiger partial charge in [0.05, 0.1) is 11.3 Å². The van der Waals surface area contributed by atoms with E-state index in [1.807, 2.05) is 53.4 Å². The van der Waals surface area contributed by atoms with Gasteiger partial charge in [0.25, 0.3) is 5.91 Å². The summed E-state index contributed by atoms with van der Waals surface area (Å²) in [6.07, 6.45) is 6.57. The number of hydrogen-bond donors (Lipinski definition) is 1. The maximum Gasteiger partial charge on any atom is 0.255 e. The van der Waals surface area contributed by atoms with Crippen LogP contribution in [0.2, 0.25) is 0 Å². The Bertz CT molecular complexity index is 1060. The lowest BCUT2D eigenvalue weighted by atomic mass is 10.0. The molecular weight excluding hydrogens is 360 g/mol. The van der Waals surface area contributed by atoms with E-state index in [0.29, 0.717) is 11.3 Å². The molecule has 4 nitrogen and oxygen atoms in total. The number of benzene rings is 3. The highest BCUT2D eigenvalue weighted by Crippen LogP contribution is 2.21.